The summed E-state index contributed by atoms with van der Waals surface area (Å²) in [5.41, 5.74) is 0. The number of aliphatic hydroxyl groups is 2. The maximum absolute atomic E-state index is 12.5. The molecule has 0 heterocycles. The number of hydrogen-bond acceptors (Lipinski definition) is 5. The quantitative estimate of drug-likeness (QED) is 0.0320. The van der Waals surface area contributed by atoms with Crippen LogP contribution in [0, 0.1) is 0 Å². The summed E-state index contributed by atoms with van der Waals surface area (Å²) in [7, 11) is 0. The molecule has 0 saturated heterocycles. The molecule has 0 aromatic carbocycles. The van der Waals surface area contributed by atoms with Crippen molar-refractivity contribution in [1.82, 2.24) is 5.32 Å². The molecule has 0 aromatic heterocycles. The minimum absolute atomic E-state index is 0.000987. The molecule has 2 atom stereocenters. The van der Waals surface area contributed by atoms with Gasteiger partial charge in [0.2, 0.25) is 5.91 Å². The molecule has 3 N–H and O–H groups in total. The maximum Gasteiger partial charge on any atom is 0.305 e. The summed E-state index contributed by atoms with van der Waals surface area (Å²) < 4.78 is 5.49. The Morgan fingerprint density at radius 1 is 0.359 bits per heavy atom. The molecule has 0 saturated carbocycles. The molecule has 0 aliphatic carbocycles. The third kappa shape index (κ3) is 63.3. The van der Waals surface area contributed by atoms with Gasteiger partial charge in [0.15, 0.2) is 0 Å². The van der Waals surface area contributed by atoms with Crippen LogP contribution in [0.15, 0.2) is 36.5 Å². The van der Waals surface area contributed by atoms with Gasteiger partial charge in [0.1, 0.15) is 0 Å². The highest BCUT2D eigenvalue weighted by molar-refractivity contribution is 5.76. The molecule has 0 rings (SSSR count). The van der Waals surface area contributed by atoms with Crippen molar-refractivity contribution in [3.63, 3.8) is 0 Å². The molecule has 0 radical (unpaired) electrons. The lowest BCUT2D eigenvalue weighted by molar-refractivity contribution is -0.143. The van der Waals surface area contributed by atoms with E-state index in [4.69, 9.17) is 4.74 Å². The number of carbonyl (C=O) groups excluding carboxylic acids is 2. The zero-order valence-corrected chi connectivity index (χ0v) is 52.7. The van der Waals surface area contributed by atoms with Gasteiger partial charge in [0, 0.05) is 12.8 Å². The third-order valence-corrected chi connectivity index (χ3v) is 16.4. The Labute approximate surface area is 487 Å². The molecule has 6 heteroatoms. The van der Waals surface area contributed by atoms with Gasteiger partial charge in [-0.3, -0.25) is 9.59 Å². The lowest BCUT2D eigenvalue weighted by Crippen LogP contribution is -2.45. The number of aliphatic hydroxyl groups excluding tert-OH is 2. The van der Waals surface area contributed by atoms with E-state index in [-0.39, 0.29) is 18.5 Å². The lowest BCUT2D eigenvalue weighted by Gasteiger charge is -2.20. The van der Waals surface area contributed by atoms with Crippen LogP contribution >= 0.6 is 0 Å². The monoisotopic (exact) mass is 1100 g/mol. The highest BCUT2D eigenvalue weighted by Crippen LogP contribution is 2.19. The predicted molar refractivity (Wildman–Crippen MR) is 343 cm³/mol. The van der Waals surface area contributed by atoms with Crippen molar-refractivity contribution in [1.29, 1.82) is 0 Å². The van der Waals surface area contributed by atoms with Gasteiger partial charge in [0.05, 0.1) is 25.4 Å². The van der Waals surface area contributed by atoms with Gasteiger partial charge in [0.25, 0.3) is 0 Å². The Balaban J connectivity index is 3.41. The summed E-state index contributed by atoms with van der Waals surface area (Å²) in [4.78, 5) is 24.6. The van der Waals surface area contributed by atoms with E-state index >= 15 is 0 Å². The average molecular weight is 1100 g/mol. The van der Waals surface area contributed by atoms with Crippen molar-refractivity contribution in [2.75, 3.05) is 13.2 Å². The van der Waals surface area contributed by atoms with Crippen LogP contribution in [0.1, 0.15) is 386 Å². The summed E-state index contributed by atoms with van der Waals surface area (Å²) in [6, 6.07) is -0.629. The Morgan fingerprint density at radius 3 is 0.987 bits per heavy atom. The molecule has 460 valence electrons. The van der Waals surface area contributed by atoms with Crippen LogP contribution in [0.5, 0.6) is 0 Å². The zero-order chi connectivity index (χ0) is 56.4. The first-order valence-electron chi connectivity index (χ1n) is 35.3. The summed E-state index contributed by atoms with van der Waals surface area (Å²) in [5, 5.41) is 23.3. The first-order valence-corrected chi connectivity index (χ1v) is 35.3. The number of allylic oxidation sites excluding steroid dienone is 5. The van der Waals surface area contributed by atoms with Gasteiger partial charge in [-0.2, -0.15) is 0 Å². The van der Waals surface area contributed by atoms with Gasteiger partial charge in [-0.05, 0) is 64.2 Å². The molecule has 0 aliphatic heterocycles. The second kappa shape index (κ2) is 67.6. The number of carbonyl (C=O) groups is 2. The number of amides is 1. The molecule has 0 aromatic rings. The van der Waals surface area contributed by atoms with Crippen LogP contribution in [-0.2, 0) is 14.3 Å². The number of ether oxygens (including phenoxy) is 1. The Bertz CT molecular complexity index is 1260. The number of rotatable bonds is 66. The number of unbranched alkanes of at least 4 members (excludes halogenated alkanes) is 51. The molecule has 2 unspecified atom stereocenters. The fourth-order valence-electron chi connectivity index (χ4n) is 11.0. The van der Waals surface area contributed by atoms with Gasteiger partial charge in [-0.25, -0.2) is 0 Å². The molecule has 1 amide bonds. The SMILES string of the molecule is CCCCCC/C=C\C/C=C\CCCCCCCC(=O)OCCCCCCCCCCCCCCCCCCCCCCCCCC(=O)NC(CO)C(O)/C=C/CCCCCCCCCCCCCCCCCCCCCC. The minimum atomic E-state index is -0.846. The summed E-state index contributed by atoms with van der Waals surface area (Å²) >= 11 is 0. The Hall–Kier alpha value is -1.92. The molecule has 0 fully saturated rings. The third-order valence-electron chi connectivity index (χ3n) is 16.4. The van der Waals surface area contributed by atoms with Crippen molar-refractivity contribution in [2.24, 2.45) is 0 Å². The summed E-state index contributed by atoms with van der Waals surface area (Å²) in [6.07, 6.45) is 86.4. The Morgan fingerprint density at radius 2 is 0.641 bits per heavy atom. The molecule has 0 spiro atoms. The molecule has 0 bridgehead atoms. The number of hydrogen-bond donors (Lipinski definition) is 3. The first kappa shape index (κ1) is 76.1. The molecule has 0 aliphatic rings. The number of esters is 1. The average Bonchev–Trinajstić information content (AvgIpc) is 3.44. The van der Waals surface area contributed by atoms with Crippen molar-refractivity contribution >= 4 is 11.9 Å². The van der Waals surface area contributed by atoms with Crippen LogP contribution in [-0.4, -0.2) is 47.4 Å². The fraction of sp³-hybridized carbons (Fsp3) is 0.889. The van der Waals surface area contributed by atoms with Crippen LogP contribution in [0.3, 0.4) is 0 Å². The van der Waals surface area contributed by atoms with E-state index in [2.05, 4.69) is 43.5 Å². The van der Waals surface area contributed by atoms with Gasteiger partial charge < -0.3 is 20.3 Å². The lowest BCUT2D eigenvalue weighted by atomic mass is 10.0. The van der Waals surface area contributed by atoms with Gasteiger partial charge in [-0.1, -0.05) is 346 Å². The van der Waals surface area contributed by atoms with Crippen molar-refractivity contribution in [3.8, 4) is 0 Å². The second-order valence-corrected chi connectivity index (χ2v) is 24.2. The summed E-state index contributed by atoms with van der Waals surface area (Å²) in [6.45, 7) is 4.91. The van der Waals surface area contributed by atoms with E-state index in [0.29, 0.717) is 19.4 Å². The van der Waals surface area contributed by atoms with E-state index in [1.807, 2.05) is 6.08 Å². The topological polar surface area (TPSA) is 95.9 Å². The van der Waals surface area contributed by atoms with E-state index < -0.39 is 12.1 Å². The van der Waals surface area contributed by atoms with E-state index in [9.17, 15) is 19.8 Å². The van der Waals surface area contributed by atoms with Crippen molar-refractivity contribution in [2.45, 2.75) is 398 Å². The molecular formula is C72H137NO5. The zero-order valence-electron chi connectivity index (χ0n) is 52.7. The first-order chi connectivity index (χ1) is 38.5. The molecular weight excluding hydrogens is 959 g/mol. The second-order valence-electron chi connectivity index (χ2n) is 24.2. The van der Waals surface area contributed by atoms with Crippen molar-refractivity contribution < 1.29 is 24.5 Å². The van der Waals surface area contributed by atoms with Crippen LogP contribution in [0.4, 0.5) is 0 Å². The largest absolute Gasteiger partial charge is 0.466 e. The smallest absolute Gasteiger partial charge is 0.305 e. The van der Waals surface area contributed by atoms with Crippen LogP contribution in [0.25, 0.3) is 0 Å². The molecule has 6 nitrogen and oxygen atoms in total. The van der Waals surface area contributed by atoms with Crippen LogP contribution in [0.2, 0.25) is 0 Å². The Kier molecular flexibility index (Phi) is 65.9. The molecule has 78 heavy (non-hydrogen) atoms. The fourth-order valence-corrected chi connectivity index (χ4v) is 11.0. The number of nitrogens with one attached hydrogen (secondary N) is 1. The van der Waals surface area contributed by atoms with Gasteiger partial charge in [-0.15, -0.1) is 0 Å². The standard InChI is InChI=1S/C72H137NO5/c1-3-5-7-9-11-13-15-17-19-21-22-23-27-30-33-36-40-44-48-52-56-60-64-70(75)69(68-74)73-71(76)65-61-57-53-49-45-41-37-34-31-28-25-24-26-29-32-35-39-43-47-51-55-59-63-67-78-72(77)66-62-58-54-50-46-42-38-20-18-16-14-12-10-8-6-4-2/h14,16,20,38,60,64,69-70,74-75H,3-13,15,17-19,21-37,39-59,61-63,65-68H2,1-2H3,(H,73,76)/b16-14-,38-20-,64-60+. The minimum Gasteiger partial charge on any atom is -0.466 e. The van der Waals surface area contributed by atoms with Gasteiger partial charge >= 0.3 is 5.97 Å². The predicted octanol–water partition coefficient (Wildman–Crippen LogP) is 22.7. The van der Waals surface area contributed by atoms with Crippen molar-refractivity contribution in [3.05, 3.63) is 36.5 Å². The maximum atomic E-state index is 12.5. The summed E-state index contributed by atoms with van der Waals surface area (Å²) in [5.74, 6) is -0.0629. The van der Waals surface area contributed by atoms with E-state index in [1.54, 1.807) is 6.08 Å². The highest BCUT2D eigenvalue weighted by Gasteiger charge is 2.18. The normalized spacial score (nSPS) is 12.7. The van der Waals surface area contributed by atoms with Crippen LogP contribution < -0.4 is 5.32 Å². The van der Waals surface area contributed by atoms with E-state index in [1.165, 1.54) is 308 Å². The highest BCUT2D eigenvalue weighted by atomic mass is 16.5. The van der Waals surface area contributed by atoms with E-state index in [0.717, 1.165) is 51.4 Å².